The monoisotopic (exact) mass is 247 g/mol. The van der Waals surface area contributed by atoms with Gasteiger partial charge in [0.05, 0.1) is 0 Å². The standard InChI is InChI=1S/C14H17NO3/c1-3-13(16)9(2)18-11-5-6-12-10(8-11)4-7-14(17)15-12/h5-6,8-9H,3-4,7H2,1-2H3,(H,15,17). The first-order chi connectivity index (χ1) is 8.60. The molecule has 0 fully saturated rings. The van der Waals surface area contributed by atoms with Gasteiger partial charge in [-0.25, -0.2) is 0 Å². The highest BCUT2D eigenvalue weighted by Crippen LogP contribution is 2.27. The topological polar surface area (TPSA) is 55.4 Å². The Labute approximate surface area is 106 Å². The van der Waals surface area contributed by atoms with Crippen LogP contribution in [0.3, 0.4) is 0 Å². The first-order valence-corrected chi connectivity index (χ1v) is 6.22. The highest BCUT2D eigenvalue weighted by Gasteiger charge is 2.17. The minimum absolute atomic E-state index is 0.0469. The number of rotatable bonds is 4. The Kier molecular flexibility index (Phi) is 3.65. The maximum absolute atomic E-state index is 11.5. The maximum Gasteiger partial charge on any atom is 0.224 e. The van der Waals surface area contributed by atoms with Crippen LogP contribution in [0.25, 0.3) is 0 Å². The van der Waals surface area contributed by atoms with Gasteiger partial charge < -0.3 is 10.1 Å². The van der Waals surface area contributed by atoms with Crippen molar-refractivity contribution in [3.63, 3.8) is 0 Å². The largest absolute Gasteiger partial charge is 0.483 e. The highest BCUT2D eigenvalue weighted by atomic mass is 16.5. The van der Waals surface area contributed by atoms with E-state index in [1.807, 2.05) is 19.1 Å². The zero-order valence-electron chi connectivity index (χ0n) is 10.7. The fourth-order valence-corrected chi connectivity index (χ4v) is 1.99. The van der Waals surface area contributed by atoms with Crippen LogP contribution in [-0.4, -0.2) is 17.8 Å². The highest BCUT2D eigenvalue weighted by molar-refractivity contribution is 5.94. The molecule has 1 aromatic carbocycles. The molecule has 1 heterocycles. The summed E-state index contributed by atoms with van der Waals surface area (Å²) in [5.74, 6) is 0.811. The molecule has 18 heavy (non-hydrogen) atoms. The fourth-order valence-electron chi connectivity index (χ4n) is 1.99. The second-order valence-corrected chi connectivity index (χ2v) is 4.45. The molecule has 0 saturated heterocycles. The number of hydrogen-bond donors (Lipinski definition) is 1. The number of ether oxygens (including phenoxy) is 1. The number of anilines is 1. The van der Waals surface area contributed by atoms with E-state index in [1.165, 1.54) is 0 Å². The number of nitrogens with one attached hydrogen (secondary N) is 1. The van der Waals surface area contributed by atoms with E-state index in [4.69, 9.17) is 4.74 Å². The normalized spacial score (nSPS) is 15.6. The molecule has 2 rings (SSSR count). The molecule has 1 atom stereocenters. The second kappa shape index (κ2) is 5.21. The summed E-state index contributed by atoms with van der Waals surface area (Å²) in [6.45, 7) is 3.58. The molecular weight excluding hydrogens is 230 g/mol. The zero-order chi connectivity index (χ0) is 13.1. The summed E-state index contributed by atoms with van der Waals surface area (Å²) in [6.07, 6.45) is 1.27. The second-order valence-electron chi connectivity index (χ2n) is 4.45. The van der Waals surface area contributed by atoms with Crippen molar-refractivity contribution in [2.45, 2.75) is 39.2 Å². The molecule has 0 aliphatic carbocycles. The Balaban J connectivity index is 2.12. The summed E-state index contributed by atoms with van der Waals surface area (Å²) in [7, 11) is 0. The lowest BCUT2D eigenvalue weighted by atomic mass is 10.0. The van der Waals surface area contributed by atoms with E-state index < -0.39 is 6.10 Å². The van der Waals surface area contributed by atoms with Gasteiger partial charge in [-0.15, -0.1) is 0 Å². The Hall–Kier alpha value is -1.84. The Morgan fingerprint density at radius 1 is 1.44 bits per heavy atom. The zero-order valence-corrected chi connectivity index (χ0v) is 10.7. The lowest BCUT2D eigenvalue weighted by molar-refractivity contribution is -0.124. The van der Waals surface area contributed by atoms with Crippen LogP contribution >= 0.6 is 0 Å². The van der Waals surface area contributed by atoms with E-state index in [9.17, 15) is 9.59 Å². The van der Waals surface area contributed by atoms with Crippen molar-refractivity contribution in [2.75, 3.05) is 5.32 Å². The van der Waals surface area contributed by atoms with Crippen molar-refractivity contribution in [3.05, 3.63) is 23.8 Å². The molecule has 96 valence electrons. The maximum atomic E-state index is 11.5. The smallest absolute Gasteiger partial charge is 0.224 e. The van der Waals surface area contributed by atoms with E-state index in [1.54, 1.807) is 13.0 Å². The minimum atomic E-state index is -0.425. The fraction of sp³-hybridized carbons (Fsp3) is 0.429. The van der Waals surface area contributed by atoms with Gasteiger partial charge in [0, 0.05) is 18.5 Å². The molecule has 0 saturated carbocycles. The van der Waals surface area contributed by atoms with Crippen LogP contribution < -0.4 is 10.1 Å². The molecule has 0 radical (unpaired) electrons. The number of aryl methyl sites for hydroxylation is 1. The van der Waals surface area contributed by atoms with Crippen molar-refractivity contribution in [1.29, 1.82) is 0 Å². The number of ketones is 1. The van der Waals surface area contributed by atoms with E-state index in [0.29, 0.717) is 25.0 Å². The lowest BCUT2D eigenvalue weighted by Crippen LogP contribution is -2.23. The van der Waals surface area contributed by atoms with Crippen LogP contribution in [0.2, 0.25) is 0 Å². The molecule has 0 bridgehead atoms. The van der Waals surface area contributed by atoms with Crippen molar-refractivity contribution < 1.29 is 14.3 Å². The van der Waals surface area contributed by atoms with Crippen molar-refractivity contribution in [3.8, 4) is 5.75 Å². The predicted molar refractivity (Wildman–Crippen MR) is 68.8 cm³/mol. The summed E-state index contributed by atoms with van der Waals surface area (Å²) < 4.78 is 5.60. The minimum Gasteiger partial charge on any atom is -0.483 e. The quantitative estimate of drug-likeness (QED) is 0.888. The molecule has 1 N–H and O–H groups in total. The summed E-state index contributed by atoms with van der Waals surface area (Å²) in [5, 5.41) is 2.81. The third-order valence-corrected chi connectivity index (χ3v) is 3.09. The molecular formula is C14H17NO3. The van der Waals surface area contributed by atoms with Crippen molar-refractivity contribution >= 4 is 17.4 Å². The van der Waals surface area contributed by atoms with Gasteiger partial charge in [0.15, 0.2) is 11.9 Å². The van der Waals surface area contributed by atoms with Gasteiger partial charge in [-0.05, 0) is 37.1 Å². The average molecular weight is 247 g/mol. The predicted octanol–water partition coefficient (Wildman–Crippen LogP) is 2.32. The van der Waals surface area contributed by atoms with E-state index >= 15 is 0 Å². The molecule has 1 aliphatic rings. The number of benzene rings is 1. The van der Waals surface area contributed by atoms with Gasteiger partial charge in [-0.1, -0.05) is 6.92 Å². The van der Waals surface area contributed by atoms with Crippen LogP contribution in [0.5, 0.6) is 5.75 Å². The Bertz CT molecular complexity index is 482. The molecule has 0 spiro atoms. The summed E-state index contributed by atoms with van der Waals surface area (Å²) in [6, 6.07) is 5.50. The lowest BCUT2D eigenvalue weighted by Gasteiger charge is -2.19. The summed E-state index contributed by atoms with van der Waals surface area (Å²) in [5.41, 5.74) is 1.90. The molecule has 1 unspecified atom stereocenters. The van der Waals surface area contributed by atoms with E-state index in [-0.39, 0.29) is 11.7 Å². The number of fused-ring (bicyclic) bond motifs is 1. The first kappa shape index (κ1) is 12.6. The van der Waals surface area contributed by atoms with Gasteiger partial charge >= 0.3 is 0 Å². The van der Waals surface area contributed by atoms with Crippen molar-refractivity contribution in [1.82, 2.24) is 0 Å². The SMILES string of the molecule is CCC(=O)C(C)Oc1ccc2c(c1)CCC(=O)N2. The first-order valence-electron chi connectivity index (χ1n) is 6.22. The molecule has 1 aromatic rings. The molecule has 1 amide bonds. The van der Waals surface area contributed by atoms with Crippen LogP contribution in [0.15, 0.2) is 18.2 Å². The van der Waals surface area contributed by atoms with E-state index in [2.05, 4.69) is 5.32 Å². The summed E-state index contributed by atoms with van der Waals surface area (Å²) in [4.78, 5) is 22.7. The Morgan fingerprint density at radius 3 is 2.94 bits per heavy atom. The molecule has 0 aromatic heterocycles. The van der Waals surface area contributed by atoms with Gasteiger partial charge in [0.2, 0.25) is 5.91 Å². The molecule has 1 aliphatic heterocycles. The Morgan fingerprint density at radius 2 is 2.22 bits per heavy atom. The van der Waals surface area contributed by atoms with Crippen LogP contribution in [0, 0.1) is 0 Å². The number of amides is 1. The third kappa shape index (κ3) is 2.70. The number of carbonyl (C=O) groups excluding carboxylic acids is 2. The van der Waals surface area contributed by atoms with Gasteiger partial charge in [0.25, 0.3) is 0 Å². The number of carbonyl (C=O) groups is 2. The average Bonchev–Trinajstić information content (AvgIpc) is 2.38. The molecule has 4 heteroatoms. The van der Waals surface area contributed by atoms with Crippen LogP contribution in [-0.2, 0) is 16.0 Å². The van der Waals surface area contributed by atoms with Crippen molar-refractivity contribution in [2.24, 2.45) is 0 Å². The number of Topliss-reactive ketones (excluding diaryl/α,β-unsaturated/α-hetero) is 1. The van der Waals surface area contributed by atoms with Crippen LogP contribution in [0.1, 0.15) is 32.3 Å². The number of hydrogen-bond acceptors (Lipinski definition) is 3. The van der Waals surface area contributed by atoms with Gasteiger partial charge in [-0.2, -0.15) is 0 Å². The van der Waals surface area contributed by atoms with Gasteiger partial charge in [0.1, 0.15) is 5.75 Å². The van der Waals surface area contributed by atoms with Crippen LogP contribution in [0.4, 0.5) is 5.69 Å². The molecule has 4 nitrogen and oxygen atoms in total. The summed E-state index contributed by atoms with van der Waals surface area (Å²) >= 11 is 0. The van der Waals surface area contributed by atoms with Gasteiger partial charge in [-0.3, -0.25) is 9.59 Å². The van der Waals surface area contributed by atoms with E-state index in [0.717, 1.165) is 11.3 Å². The third-order valence-electron chi connectivity index (χ3n) is 3.09.